The lowest BCUT2D eigenvalue weighted by molar-refractivity contribution is -0.140. The maximum absolute atomic E-state index is 13.4. The summed E-state index contributed by atoms with van der Waals surface area (Å²) in [6.07, 6.45) is 4.08. The van der Waals surface area contributed by atoms with Crippen molar-refractivity contribution in [1.82, 2.24) is 4.90 Å². The minimum atomic E-state index is -0.874. The monoisotopic (exact) mass is 349 g/mol. The van der Waals surface area contributed by atoms with Crippen molar-refractivity contribution in [2.24, 2.45) is 0 Å². The van der Waals surface area contributed by atoms with Crippen LogP contribution in [-0.4, -0.2) is 27.9 Å². The van der Waals surface area contributed by atoms with E-state index >= 15 is 0 Å². The van der Waals surface area contributed by atoms with Gasteiger partial charge in [-0.2, -0.15) is 0 Å². The SMILES string of the molecule is Cc1ccccc1[C@H]1[C@H](C(=O)O)c2ccccc2C(=O)N1C1CCCC1. The van der Waals surface area contributed by atoms with Crippen LogP contribution in [0.4, 0.5) is 0 Å². The first kappa shape index (κ1) is 16.8. The van der Waals surface area contributed by atoms with Crippen molar-refractivity contribution in [3.8, 4) is 0 Å². The van der Waals surface area contributed by atoms with E-state index in [0.717, 1.165) is 36.8 Å². The Hall–Kier alpha value is -2.62. The maximum Gasteiger partial charge on any atom is 0.313 e. The van der Waals surface area contributed by atoms with Crippen molar-refractivity contribution in [2.45, 2.75) is 50.6 Å². The van der Waals surface area contributed by atoms with E-state index in [2.05, 4.69) is 0 Å². The quantitative estimate of drug-likeness (QED) is 0.899. The highest BCUT2D eigenvalue weighted by Crippen LogP contribution is 2.46. The molecule has 1 heterocycles. The summed E-state index contributed by atoms with van der Waals surface area (Å²) >= 11 is 0. The van der Waals surface area contributed by atoms with Gasteiger partial charge in [0.1, 0.15) is 5.92 Å². The summed E-state index contributed by atoms with van der Waals surface area (Å²) in [5.41, 5.74) is 3.14. The second kappa shape index (κ2) is 6.60. The predicted molar refractivity (Wildman–Crippen MR) is 99.2 cm³/mol. The smallest absolute Gasteiger partial charge is 0.313 e. The lowest BCUT2D eigenvalue weighted by atomic mass is 9.78. The molecule has 4 rings (SSSR count). The highest BCUT2D eigenvalue weighted by molar-refractivity contribution is 6.00. The number of aliphatic carboxylic acids is 1. The minimum Gasteiger partial charge on any atom is -0.481 e. The number of benzene rings is 2. The molecule has 2 aromatic rings. The second-order valence-corrected chi connectivity index (χ2v) is 7.36. The standard InChI is InChI=1S/C22H23NO3/c1-14-8-2-5-11-16(14)20-19(22(25)26)17-12-6-7-13-18(17)21(24)23(20)15-9-3-4-10-15/h2,5-8,11-13,15,19-20H,3-4,9-10H2,1H3,(H,25,26)/t19-,20+/m1/s1. The molecule has 134 valence electrons. The summed E-state index contributed by atoms with van der Waals surface area (Å²) in [6.45, 7) is 1.99. The first-order chi connectivity index (χ1) is 12.6. The number of amides is 1. The third kappa shape index (κ3) is 2.61. The van der Waals surface area contributed by atoms with Gasteiger partial charge < -0.3 is 10.0 Å². The van der Waals surface area contributed by atoms with Crippen molar-refractivity contribution in [3.05, 3.63) is 70.8 Å². The largest absolute Gasteiger partial charge is 0.481 e. The molecule has 1 N–H and O–H groups in total. The van der Waals surface area contributed by atoms with E-state index in [-0.39, 0.29) is 11.9 Å². The van der Waals surface area contributed by atoms with Crippen LogP contribution in [0.5, 0.6) is 0 Å². The molecule has 4 heteroatoms. The van der Waals surface area contributed by atoms with Crippen molar-refractivity contribution in [3.63, 3.8) is 0 Å². The number of rotatable bonds is 3. The molecule has 0 unspecified atom stereocenters. The number of carboxylic acid groups (broad SMARTS) is 1. The Labute approximate surface area is 153 Å². The normalized spacial score (nSPS) is 23.1. The van der Waals surface area contributed by atoms with Crippen LogP contribution in [-0.2, 0) is 4.79 Å². The highest BCUT2D eigenvalue weighted by atomic mass is 16.4. The van der Waals surface area contributed by atoms with Crippen LogP contribution >= 0.6 is 0 Å². The average molecular weight is 349 g/mol. The zero-order valence-corrected chi connectivity index (χ0v) is 14.9. The summed E-state index contributed by atoms with van der Waals surface area (Å²) in [5.74, 6) is -1.65. The molecule has 1 aliphatic carbocycles. The Morgan fingerprint density at radius 1 is 1.00 bits per heavy atom. The molecule has 2 aliphatic rings. The summed E-state index contributed by atoms with van der Waals surface area (Å²) in [5, 5.41) is 10.1. The summed E-state index contributed by atoms with van der Waals surface area (Å²) in [6, 6.07) is 14.7. The number of fused-ring (bicyclic) bond motifs is 1. The number of aryl methyl sites for hydroxylation is 1. The van der Waals surface area contributed by atoms with E-state index in [1.54, 1.807) is 12.1 Å². The lowest BCUT2D eigenvalue weighted by Gasteiger charge is -2.44. The van der Waals surface area contributed by atoms with Gasteiger partial charge in [-0.05, 0) is 42.5 Å². The van der Waals surface area contributed by atoms with E-state index in [0.29, 0.717) is 11.1 Å². The molecule has 2 atom stereocenters. The van der Waals surface area contributed by atoms with Gasteiger partial charge in [0.2, 0.25) is 0 Å². The van der Waals surface area contributed by atoms with Crippen molar-refractivity contribution >= 4 is 11.9 Å². The molecule has 1 saturated carbocycles. The number of carbonyl (C=O) groups is 2. The van der Waals surface area contributed by atoms with E-state index in [1.807, 2.05) is 48.2 Å². The Morgan fingerprint density at radius 2 is 1.62 bits per heavy atom. The number of hydrogen-bond donors (Lipinski definition) is 1. The Bertz CT molecular complexity index is 854. The number of carboxylic acids is 1. The fourth-order valence-corrected chi connectivity index (χ4v) is 4.65. The van der Waals surface area contributed by atoms with Crippen LogP contribution in [0.25, 0.3) is 0 Å². The molecule has 1 fully saturated rings. The molecule has 1 amide bonds. The molecule has 1 aliphatic heterocycles. The molecule has 0 saturated heterocycles. The number of hydrogen-bond acceptors (Lipinski definition) is 2. The third-order valence-electron chi connectivity index (χ3n) is 5.87. The molecular formula is C22H23NO3. The van der Waals surface area contributed by atoms with Gasteiger partial charge >= 0.3 is 5.97 Å². The van der Waals surface area contributed by atoms with Gasteiger partial charge in [-0.1, -0.05) is 55.3 Å². The van der Waals surface area contributed by atoms with E-state index in [9.17, 15) is 14.7 Å². The predicted octanol–water partition coefficient (Wildman–Crippen LogP) is 4.30. The summed E-state index contributed by atoms with van der Waals surface area (Å²) in [4.78, 5) is 27.6. The molecular weight excluding hydrogens is 326 g/mol. The van der Waals surface area contributed by atoms with E-state index in [1.165, 1.54) is 0 Å². The topological polar surface area (TPSA) is 57.6 Å². The van der Waals surface area contributed by atoms with Crippen LogP contribution < -0.4 is 0 Å². The van der Waals surface area contributed by atoms with E-state index < -0.39 is 17.9 Å². The molecule has 4 nitrogen and oxygen atoms in total. The van der Waals surface area contributed by atoms with Gasteiger partial charge in [0.05, 0.1) is 6.04 Å². The molecule has 0 spiro atoms. The van der Waals surface area contributed by atoms with Crippen LogP contribution in [0.1, 0.15) is 64.7 Å². The maximum atomic E-state index is 13.4. The van der Waals surface area contributed by atoms with Crippen LogP contribution in [0.15, 0.2) is 48.5 Å². The van der Waals surface area contributed by atoms with Gasteiger partial charge in [0.25, 0.3) is 5.91 Å². The Balaban J connectivity index is 1.94. The molecule has 0 bridgehead atoms. The molecule has 0 aromatic heterocycles. The zero-order chi connectivity index (χ0) is 18.3. The van der Waals surface area contributed by atoms with Gasteiger partial charge in [-0.3, -0.25) is 9.59 Å². The van der Waals surface area contributed by atoms with Crippen molar-refractivity contribution in [1.29, 1.82) is 0 Å². The average Bonchev–Trinajstić information content (AvgIpc) is 3.16. The third-order valence-corrected chi connectivity index (χ3v) is 5.87. The fraction of sp³-hybridized carbons (Fsp3) is 0.364. The van der Waals surface area contributed by atoms with Gasteiger partial charge in [0.15, 0.2) is 0 Å². The fourth-order valence-electron chi connectivity index (χ4n) is 4.65. The first-order valence-electron chi connectivity index (χ1n) is 9.29. The van der Waals surface area contributed by atoms with Gasteiger partial charge in [0, 0.05) is 11.6 Å². The molecule has 26 heavy (non-hydrogen) atoms. The summed E-state index contributed by atoms with van der Waals surface area (Å²) < 4.78 is 0. The lowest BCUT2D eigenvalue weighted by Crippen LogP contribution is -2.49. The first-order valence-corrected chi connectivity index (χ1v) is 9.29. The molecule has 0 radical (unpaired) electrons. The molecule has 2 aromatic carbocycles. The zero-order valence-electron chi connectivity index (χ0n) is 14.9. The summed E-state index contributed by atoms with van der Waals surface area (Å²) in [7, 11) is 0. The van der Waals surface area contributed by atoms with Gasteiger partial charge in [-0.15, -0.1) is 0 Å². The number of nitrogens with zero attached hydrogens (tertiary/aromatic N) is 1. The van der Waals surface area contributed by atoms with Crippen molar-refractivity contribution in [2.75, 3.05) is 0 Å². The number of carbonyl (C=O) groups excluding carboxylic acids is 1. The van der Waals surface area contributed by atoms with Gasteiger partial charge in [-0.25, -0.2) is 0 Å². The second-order valence-electron chi connectivity index (χ2n) is 7.36. The Morgan fingerprint density at radius 3 is 2.27 bits per heavy atom. The van der Waals surface area contributed by atoms with Crippen LogP contribution in [0, 0.1) is 6.92 Å². The van der Waals surface area contributed by atoms with Crippen LogP contribution in [0.2, 0.25) is 0 Å². The Kier molecular flexibility index (Phi) is 4.27. The van der Waals surface area contributed by atoms with Crippen molar-refractivity contribution < 1.29 is 14.7 Å². The highest BCUT2D eigenvalue weighted by Gasteiger charge is 2.47. The minimum absolute atomic E-state index is 0.0294. The van der Waals surface area contributed by atoms with Crippen LogP contribution in [0.3, 0.4) is 0 Å². The van der Waals surface area contributed by atoms with E-state index in [4.69, 9.17) is 0 Å².